The van der Waals surface area contributed by atoms with Gasteiger partial charge in [0.25, 0.3) is 0 Å². The maximum atomic E-state index is 11.1. The molecule has 0 aliphatic heterocycles. The van der Waals surface area contributed by atoms with Crippen molar-refractivity contribution in [1.29, 1.82) is 0 Å². The normalized spacial score (nSPS) is 13.2. The van der Waals surface area contributed by atoms with Crippen LogP contribution in [0.3, 0.4) is 0 Å². The SMILES string of the molecule is CC(C)=CCCP(=O)([O-])CP(=O)([O-])[O-].[Na+].[Na+].[Na+]. The van der Waals surface area contributed by atoms with Gasteiger partial charge in [-0.25, -0.2) is 0 Å². The fourth-order valence-corrected chi connectivity index (χ4v) is 4.08. The molecule has 0 amide bonds. The minimum Gasteiger partial charge on any atom is -0.810 e. The van der Waals surface area contributed by atoms with Gasteiger partial charge in [-0.1, -0.05) is 19.2 Å². The van der Waals surface area contributed by atoms with Gasteiger partial charge in [-0.15, -0.1) is 0 Å². The summed E-state index contributed by atoms with van der Waals surface area (Å²) in [5.74, 6) is -1.25. The summed E-state index contributed by atoms with van der Waals surface area (Å²) in [6.45, 7) is 3.61. The van der Waals surface area contributed by atoms with Crippen molar-refractivity contribution in [2.45, 2.75) is 20.3 Å². The molecule has 1 atom stereocenters. The molecule has 0 radical (unpaired) electrons. The van der Waals surface area contributed by atoms with Crippen molar-refractivity contribution in [1.82, 2.24) is 0 Å². The maximum absolute atomic E-state index is 11.1. The summed E-state index contributed by atoms with van der Waals surface area (Å²) < 4.78 is 21.3. The minimum atomic E-state index is -4.95. The number of hydrogen-bond acceptors (Lipinski definition) is 5. The third-order valence-electron chi connectivity index (χ3n) is 1.41. The Hall–Kier alpha value is 3.08. The van der Waals surface area contributed by atoms with E-state index in [1.54, 1.807) is 6.08 Å². The molecule has 0 aromatic carbocycles. The van der Waals surface area contributed by atoms with E-state index in [9.17, 15) is 23.8 Å². The van der Waals surface area contributed by atoms with Gasteiger partial charge in [-0.05, 0) is 26.4 Å². The molecule has 5 nitrogen and oxygen atoms in total. The Balaban J connectivity index is -0.000000282. The smallest absolute Gasteiger partial charge is 0.810 e. The topological polar surface area (TPSA) is 103 Å². The molecule has 0 heterocycles. The average molecular weight is 308 g/mol. The van der Waals surface area contributed by atoms with Crippen LogP contribution < -0.4 is 103 Å². The summed E-state index contributed by atoms with van der Waals surface area (Å²) in [7, 11) is -9.00. The largest absolute Gasteiger partial charge is 1.00 e. The van der Waals surface area contributed by atoms with Crippen molar-refractivity contribution in [3.05, 3.63) is 11.6 Å². The molecule has 0 fully saturated rings. The molecule has 0 rings (SSSR count). The molecule has 0 N–H and O–H groups in total. The molecule has 0 aliphatic carbocycles. The van der Waals surface area contributed by atoms with Crippen LogP contribution in [0.5, 0.6) is 0 Å². The summed E-state index contributed by atoms with van der Waals surface area (Å²) in [6, 6.07) is 0. The third kappa shape index (κ3) is 21.5. The van der Waals surface area contributed by atoms with Crippen molar-refractivity contribution < 1.29 is 112 Å². The van der Waals surface area contributed by atoms with E-state index in [2.05, 4.69) is 0 Å². The number of hydrogen-bond donors (Lipinski definition) is 0. The van der Waals surface area contributed by atoms with E-state index in [1.165, 1.54) is 0 Å². The molecule has 0 aromatic rings. The zero-order chi connectivity index (χ0) is 11.4. The Kier molecular flexibility index (Phi) is 21.3. The first-order valence-corrected chi connectivity index (χ1v) is 7.78. The predicted octanol–water partition coefficient (Wildman–Crippen LogP) is -9.14. The van der Waals surface area contributed by atoms with E-state index < -0.39 is 20.9 Å². The van der Waals surface area contributed by atoms with Gasteiger partial charge in [0.2, 0.25) is 0 Å². The Bertz CT molecular complexity index is 311. The van der Waals surface area contributed by atoms with E-state index in [-0.39, 0.29) is 101 Å². The molecule has 0 saturated carbocycles. The van der Waals surface area contributed by atoms with Gasteiger partial charge in [0, 0.05) is 13.3 Å². The number of rotatable bonds is 5. The Morgan fingerprint density at radius 3 is 1.76 bits per heavy atom. The van der Waals surface area contributed by atoms with Crippen LogP contribution in [0.4, 0.5) is 0 Å². The van der Waals surface area contributed by atoms with Crippen LogP contribution in [0.1, 0.15) is 20.3 Å². The van der Waals surface area contributed by atoms with Crippen LogP contribution in [-0.4, -0.2) is 12.1 Å². The van der Waals surface area contributed by atoms with Crippen LogP contribution in [0.2, 0.25) is 0 Å². The third-order valence-corrected chi connectivity index (χ3v) is 5.46. The molecular formula is C7H13Na3O5P2. The van der Waals surface area contributed by atoms with Gasteiger partial charge >= 0.3 is 88.7 Å². The summed E-state index contributed by atoms with van der Waals surface area (Å²) in [5, 5.41) is 0. The second kappa shape index (κ2) is 12.8. The van der Waals surface area contributed by atoms with Crippen LogP contribution in [-0.2, 0) is 9.13 Å². The van der Waals surface area contributed by atoms with Crippen LogP contribution >= 0.6 is 15.0 Å². The fraction of sp³-hybridized carbons (Fsp3) is 0.714. The predicted molar refractivity (Wildman–Crippen MR) is 49.0 cm³/mol. The summed E-state index contributed by atoms with van der Waals surface area (Å²) in [6.07, 6.45) is 1.67. The standard InChI is InChI=1S/C7H16O5P2.3Na/c1-7(2)4-3-5-13(8,9)6-14(10,11)12;;;/h4H,3,5-6H2,1-2H3,(H,8,9)(H2,10,11,12);;;/q;3*+1/p-3. The van der Waals surface area contributed by atoms with E-state index >= 15 is 0 Å². The first kappa shape index (κ1) is 28.3. The van der Waals surface area contributed by atoms with Gasteiger partial charge in [0.05, 0.1) is 0 Å². The average Bonchev–Trinajstić information content (AvgIpc) is 1.78. The first-order chi connectivity index (χ1) is 6.12. The molecule has 0 aromatic heterocycles. The summed E-state index contributed by atoms with van der Waals surface area (Å²) in [4.78, 5) is 31.5. The first-order valence-electron chi connectivity index (χ1n) is 4.06. The van der Waals surface area contributed by atoms with Crippen LogP contribution in [0.25, 0.3) is 0 Å². The van der Waals surface area contributed by atoms with Crippen molar-refractivity contribution in [3.8, 4) is 0 Å². The molecule has 10 heteroatoms. The molecule has 0 bridgehead atoms. The molecule has 84 valence electrons. The molecule has 1 unspecified atom stereocenters. The van der Waals surface area contributed by atoms with Crippen molar-refractivity contribution in [2.75, 3.05) is 12.1 Å². The quantitative estimate of drug-likeness (QED) is 0.285. The second-order valence-corrected chi connectivity index (χ2v) is 7.79. The van der Waals surface area contributed by atoms with Crippen LogP contribution in [0.15, 0.2) is 11.6 Å². The summed E-state index contributed by atoms with van der Waals surface area (Å²) in [5.41, 5.74) is 0.956. The van der Waals surface area contributed by atoms with Crippen LogP contribution in [0, 0.1) is 0 Å². The maximum Gasteiger partial charge on any atom is 1.00 e. The van der Waals surface area contributed by atoms with E-state index in [1.807, 2.05) is 13.8 Å². The molecular weight excluding hydrogens is 295 g/mol. The van der Waals surface area contributed by atoms with Crippen molar-refractivity contribution in [2.24, 2.45) is 0 Å². The van der Waals surface area contributed by atoms with Gasteiger partial charge < -0.3 is 23.8 Å². The molecule has 17 heavy (non-hydrogen) atoms. The van der Waals surface area contributed by atoms with Gasteiger partial charge in [0.15, 0.2) is 0 Å². The molecule has 0 saturated heterocycles. The van der Waals surface area contributed by atoms with E-state index in [4.69, 9.17) is 0 Å². The van der Waals surface area contributed by atoms with Gasteiger partial charge in [-0.3, -0.25) is 0 Å². The van der Waals surface area contributed by atoms with E-state index in [0.717, 1.165) is 5.57 Å². The molecule has 0 aliphatic rings. The van der Waals surface area contributed by atoms with E-state index in [0.29, 0.717) is 0 Å². The summed E-state index contributed by atoms with van der Waals surface area (Å²) >= 11 is 0. The zero-order valence-electron chi connectivity index (χ0n) is 11.1. The second-order valence-electron chi connectivity index (χ2n) is 3.36. The minimum absolute atomic E-state index is 0. The van der Waals surface area contributed by atoms with Crippen molar-refractivity contribution >= 4 is 15.0 Å². The zero-order valence-corrected chi connectivity index (χ0v) is 18.9. The van der Waals surface area contributed by atoms with Crippen molar-refractivity contribution in [3.63, 3.8) is 0 Å². The monoisotopic (exact) mass is 308 g/mol. The number of allylic oxidation sites excluding steroid dienone is 2. The van der Waals surface area contributed by atoms with Gasteiger partial charge in [-0.2, -0.15) is 0 Å². The fourth-order valence-electron chi connectivity index (χ4n) is 0.885. The Labute approximate surface area is 169 Å². The Morgan fingerprint density at radius 1 is 1.06 bits per heavy atom. The Morgan fingerprint density at radius 2 is 1.47 bits per heavy atom. The molecule has 0 spiro atoms. The van der Waals surface area contributed by atoms with Gasteiger partial charge in [0.1, 0.15) is 0 Å².